The van der Waals surface area contributed by atoms with Crippen LogP contribution in [0.2, 0.25) is 0 Å². The van der Waals surface area contributed by atoms with Gasteiger partial charge in [-0.3, -0.25) is 4.98 Å². The molecule has 1 nitrogen and oxygen atoms in total. The van der Waals surface area contributed by atoms with Gasteiger partial charge >= 0.3 is 0 Å². The molecule has 0 spiro atoms. The molecule has 1 heteroatoms. The lowest BCUT2D eigenvalue weighted by Crippen LogP contribution is -2.00. The molecule has 104 valence electrons. The van der Waals surface area contributed by atoms with Crippen molar-refractivity contribution < 1.29 is 0 Å². The van der Waals surface area contributed by atoms with Crippen LogP contribution in [-0.2, 0) is 0 Å². The van der Waals surface area contributed by atoms with Crippen LogP contribution in [0.1, 0.15) is 29.5 Å². The van der Waals surface area contributed by atoms with Gasteiger partial charge in [0.15, 0.2) is 0 Å². The molecule has 1 atom stereocenters. The van der Waals surface area contributed by atoms with E-state index in [1.54, 1.807) is 0 Å². The molecular weight excluding hydrogens is 254 g/mol. The Morgan fingerprint density at radius 3 is 2.29 bits per heavy atom. The molecule has 3 rings (SSSR count). The number of pyridine rings is 1. The third kappa shape index (κ3) is 2.73. The van der Waals surface area contributed by atoms with Crippen LogP contribution in [0.3, 0.4) is 0 Å². The highest BCUT2D eigenvalue weighted by atomic mass is 14.7. The zero-order valence-electron chi connectivity index (χ0n) is 12.5. The number of aryl methyl sites for hydroxylation is 1. The monoisotopic (exact) mass is 273 g/mol. The van der Waals surface area contributed by atoms with E-state index >= 15 is 0 Å². The van der Waals surface area contributed by atoms with E-state index in [4.69, 9.17) is 0 Å². The first-order chi connectivity index (χ1) is 10.3. The van der Waals surface area contributed by atoms with Gasteiger partial charge in [-0.25, -0.2) is 0 Å². The molecule has 1 unspecified atom stereocenters. The normalized spacial score (nSPS) is 12.1. The summed E-state index contributed by atoms with van der Waals surface area (Å²) in [5.41, 5.74) is 6.18. The lowest BCUT2D eigenvalue weighted by Gasteiger charge is -2.17. The molecule has 0 aliphatic heterocycles. The first kappa shape index (κ1) is 13.6. The molecule has 0 radical (unpaired) electrons. The van der Waals surface area contributed by atoms with E-state index in [1.807, 2.05) is 12.3 Å². The van der Waals surface area contributed by atoms with E-state index in [0.29, 0.717) is 5.92 Å². The summed E-state index contributed by atoms with van der Waals surface area (Å²) in [7, 11) is 0. The second-order valence-electron chi connectivity index (χ2n) is 5.39. The molecule has 2 aromatic carbocycles. The Hall–Kier alpha value is -2.41. The SMILES string of the molecule is Cc1cccnc1-c1ccccc1C(C)c1ccccc1. The Bertz CT molecular complexity index is 732. The second kappa shape index (κ2) is 5.92. The molecule has 0 N–H and O–H groups in total. The molecule has 0 amide bonds. The predicted molar refractivity (Wildman–Crippen MR) is 88.4 cm³/mol. The van der Waals surface area contributed by atoms with E-state index in [1.165, 1.54) is 22.3 Å². The van der Waals surface area contributed by atoms with E-state index < -0.39 is 0 Å². The van der Waals surface area contributed by atoms with Crippen LogP contribution in [-0.4, -0.2) is 4.98 Å². The maximum Gasteiger partial charge on any atom is 0.0734 e. The average Bonchev–Trinajstić information content (AvgIpc) is 2.55. The Labute approximate surface area is 126 Å². The van der Waals surface area contributed by atoms with Gasteiger partial charge in [-0.05, 0) is 29.7 Å². The summed E-state index contributed by atoms with van der Waals surface area (Å²) in [6, 6.07) is 23.3. The fourth-order valence-electron chi connectivity index (χ4n) is 2.78. The third-order valence-corrected chi connectivity index (χ3v) is 3.99. The molecule has 0 aliphatic carbocycles. The van der Waals surface area contributed by atoms with Crippen molar-refractivity contribution in [2.45, 2.75) is 19.8 Å². The minimum Gasteiger partial charge on any atom is -0.256 e. The predicted octanol–water partition coefficient (Wildman–Crippen LogP) is 5.21. The zero-order chi connectivity index (χ0) is 14.7. The van der Waals surface area contributed by atoms with Crippen LogP contribution in [0, 0.1) is 6.92 Å². The van der Waals surface area contributed by atoms with Gasteiger partial charge in [-0.2, -0.15) is 0 Å². The first-order valence-corrected chi connectivity index (χ1v) is 7.33. The van der Waals surface area contributed by atoms with Crippen LogP contribution >= 0.6 is 0 Å². The van der Waals surface area contributed by atoms with Crippen molar-refractivity contribution in [3.8, 4) is 11.3 Å². The van der Waals surface area contributed by atoms with E-state index in [-0.39, 0.29) is 0 Å². The molecule has 3 aromatic rings. The minimum atomic E-state index is 0.351. The van der Waals surface area contributed by atoms with Gasteiger partial charge in [0.25, 0.3) is 0 Å². The summed E-state index contributed by atoms with van der Waals surface area (Å²) in [5, 5.41) is 0. The number of hydrogen-bond acceptors (Lipinski definition) is 1. The maximum absolute atomic E-state index is 4.59. The molecule has 0 bridgehead atoms. The largest absolute Gasteiger partial charge is 0.256 e. The molecule has 1 aromatic heterocycles. The van der Waals surface area contributed by atoms with Gasteiger partial charge in [0.05, 0.1) is 5.69 Å². The smallest absolute Gasteiger partial charge is 0.0734 e. The standard InChI is InChI=1S/C20H19N/c1-15-9-8-14-21-20(15)19-13-7-6-12-18(19)16(2)17-10-4-3-5-11-17/h3-14,16H,1-2H3. The molecule has 0 fully saturated rings. The molecule has 1 heterocycles. The first-order valence-electron chi connectivity index (χ1n) is 7.33. The van der Waals surface area contributed by atoms with Crippen molar-refractivity contribution in [2.24, 2.45) is 0 Å². The third-order valence-electron chi connectivity index (χ3n) is 3.99. The molecule has 21 heavy (non-hydrogen) atoms. The summed E-state index contributed by atoms with van der Waals surface area (Å²) in [6.07, 6.45) is 1.87. The lowest BCUT2D eigenvalue weighted by molar-refractivity contribution is 0.923. The number of benzene rings is 2. The van der Waals surface area contributed by atoms with Gasteiger partial charge in [0.2, 0.25) is 0 Å². The van der Waals surface area contributed by atoms with Crippen molar-refractivity contribution in [1.82, 2.24) is 4.98 Å². The summed E-state index contributed by atoms with van der Waals surface area (Å²) in [5.74, 6) is 0.351. The summed E-state index contributed by atoms with van der Waals surface area (Å²) >= 11 is 0. The topological polar surface area (TPSA) is 12.9 Å². The molecular formula is C20H19N. The Morgan fingerprint density at radius 2 is 1.52 bits per heavy atom. The summed E-state index contributed by atoms with van der Waals surface area (Å²) in [6.45, 7) is 4.37. The van der Waals surface area contributed by atoms with Crippen molar-refractivity contribution in [3.05, 3.63) is 89.6 Å². The van der Waals surface area contributed by atoms with Gasteiger partial charge in [-0.1, -0.05) is 67.6 Å². The highest BCUT2D eigenvalue weighted by Crippen LogP contribution is 2.33. The number of rotatable bonds is 3. The van der Waals surface area contributed by atoms with Gasteiger partial charge < -0.3 is 0 Å². The molecule has 0 saturated carbocycles. The Kier molecular flexibility index (Phi) is 3.83. The van der Waals surface area contributed by atoms with Crippen molar-refractivity contribution in [3.63, 3.8) is 0 Å². The number of nitrogens with zero attached hydrogens (tertiary/aromatic N) is 1. The van der Waals surface area contributed by atoms with E-state index in [9.17, 15) is 0 Å². The lowest BCUT2D eigenvalue weighted by atomic mass is 9.88. The fourth-order valence-corrected chi connectivity index (χ4v) is 2.78. The Morgan fingerprint density at radius 1 is 0.810 bits per heavy atom. The highest BCUT2D eigenvalue weighted by Gasteiger charge is 2.14. The second-order valence-corrected chi connectivity index (χ2v) is 5.39. The quantitative estimate of drug-likeness (QED) is 0.638. The van der Waals surface area contributed by atoms with Gasteiger partial charge in [0.1, 0.15) is 0 Å². The van der Waals surface area contributed by atoms with Gasteiger partial charge in [0, 0.05) is 17.7 Å². The van der Waals surface area contributed by atoms with Crippen molar-refractivity contribution in [1.29, 1.82) is 0 Å². The maximum atomic E-state index is 4.59. The van der Waals surface area contributed by atoms with E-state index in [2.05, 4.69) is 79.5 Å². The van der Waals surface area contributed by atoms with Crippen LogP contribution < -0.4 is 0 Å². The zero-order valence-corrected chi connectivity index (χ0v) is 12.5. The van der Waals surface area contributed by atoms with Crippen LogP contribution in [0.5, 0.6) is 0 Å². The van der Waals surface area contributed by atoms with Crippen molar-refractivity contribution >= 4 is 0 Å². The Balaban J connectivity index is 2.11. The minimum absolute atomic E-state index is 0.351. The number of hydrogen-bond donors (Lipinski definition) is 0. The summed E-state index contributed by atoms with van der Waals surface area (Å²) in [4.78, 5) is 4.59. The molecule has 0 aliphatic rings. The van der Waals surface area contributed by atoms with Gasteiger partial charge in [-0.15, -0.1) is 0 Å². The van der Waals surface area contributed by atoms with Crippen molar-refractivity contribution in [2.75, 3.05) is 0 Å². The summed E-state index contributed by atoms with van der Waals surface area (Å²) < 4.78 is 0. The number of aromatic nitrogens is 1. The van der Waals surface area contributed by atoms with Crippen LogP contribution in [0.25, 0.3) is 11.3 Å². The van der Waals surface area contributed by atoms with Crippen LogP contribution in [0.4, 0.5) is 0 Å². The van der Waals surface area contributed by atoms with Crippen LogP contribution in [0.15, 0.2) is 72.9 Å². The highest BCUT2D eigenvalue weighted by molar-refractivity contribution is 5.68. The molecule has 0 saturated heterocycles. The van der Waals surface area contributed by atoms with E-state index in [0.717, 1.165) is 5.69 Å². The fraction of sp³-hybridized carbons (Fsp3) is 0.150. The average molecular weight is 273 g/mol.